The fraction of sp³-hybridized carbons (Fsp3) is 0.421. The SMILES string of the molecule is C[C@H](/C=C/c1ccccc1)[C@@H](O)C/C=C/C(=O)OC(C)(C)C. The Morgan fingerprint density at radius 3 is 2.50 bits per heavy atom. The third kappa shape index (κ3) is 7.79. The van der Waals surface area contributed by atoms with Crippen LogP contribution in [-0.2, 0) is 9.53 Å². The van der Waals surface area contributed by atoms with Gasteiger partial charge in [0.15, 0.2) is 0 Å². The predicted molar refractivity (Wildman–Crippen MR) is 90.2 cm³/mol. The third-order valence-electron chi connectivity index (χ3n) is 3.04. The van der Waals surface area contributed by atoms with Crippen LogP contribution in [-0.4, -0.2) is 22.8 Å². The summed E-state index contributed by atoms with van der Waals surface area (Å²) in [6, 6.07) is 9.95. The first kappa shape index (κ1) is 18.2. The number of esters is 1. The molecule has 0 aliphatic rings. The Hall–Kier alpha value is -1.87. The van der Waals surface area contributed by atoms with Crippen LogP contribution in [0.15, 0.2) is 48.6 Å². The van der Waals surface area contributed by atoms with Gasteiger partial charge in [0.05, 0.1) is 6.10 Å². The number of ether oxygens (including phenoxy) is 1. The van der Waals surface area contributed by atoms with Crippen molar-refractivity contribution in [1.82, 2.24) is 0 Å². The summed E-state index contributed by atoms with van der Waals surface area (Å²) in [6.45, 7) is 7.42. The molecule has 120 valence electrons. The summed E-state index contributed by atoms with van der Waals surface area (Å²) in [5, 5.41) is 10.1. The van der Waals surface area contributed by atoms with Crippen LogP contribution < -0.4 is 0 Å². The number of hydrogen-bond acceptors (Lipinski definition) is 3. The molecule has 0 saturated carbocycles. The summed E-state index contributed by atoms with van der Waals surface area (Å²) in [5.74, 6) is -0.379. The minimum Gasteiger partial charge on any atom is -0.457 e. The second kappa shape index (κ2) is 8.54. The summed E-state index contributed by atoms with van der Waals surface area (Å²) in [4.78, 5) is 11.5. The highest BCUT2D eigenvalue weighted by Crippen LogP contribution is 2.13. The molecule has 0 unspecified atom stereocenters. The van der Waals surface area contributed by atoms with E-state index in [2.05, 4.69) is 0 Å². The monoisotopic (exact) mass is 302 g/mol. The molecule has 2 atom stereocenters. The average molecular weight is 302 g/mol. The lowest BCUT2D eigenvalue weighted by atomic mass is 10.00. The predicted octanol–water partition coefficient (Wildman–Crippen LogP) is 3.98. The molecule has 0 spiro atoms. The first-order valence-electron chi connectivity index (χ1n) is 7.59. The van der Waals surface area contributed by atoms with E-state index in [-0.39, 0.29) is 11.9 Å². The van der Waals surface area contributed by atoms with Crippen LogP contribution in [0.5, 0.6) is 0 Å². The summed E-state index contributed by atoms with van der Waals surface area (Å²) in [5.41, 5.74) is 0.608. The van der Waals surface area contributed by atoms with Crippen LogP contribution in [0.2, 0.25) is 0 Å². The fourth-order valence-corrected chi connectivity index (χ4v) is 1.81. The first-order valence-corrected chi connectivity index (χ1v) is 7.59. The van der Waals surface area contributed by atoms with Gasteiger partial charge in [-0.05, 0) is 32.8 Å². The number of benzene rings is 1. The molecule has 0 bridgehead atoms. The van der Waals surface area contributed by atoms with Crippen molar-refractivity contribution < 1.29 is 14.6 Å². The largest absolute Gasteiger partial charge is 0.457 e. The maximum Gasteiger partial charge on any atom is 0.330 e. The van der Waals surface area contributed by atoms with Gasteiger partial charge in [-0.1, -0.05) is 55.5 Å². The Labute approximate surface area is 133 Å². The standard InChI is InChI=1S/C19H26O3/c1-15(13-14-16-9-6-5-7-10-16)17(20)11-8-12-18(21)22-19(2,3)4/h5-10,12-15,17,20H,11H2,1-4H3/b12-8+,14-13+/t15-,17+/m1/s1. The topological polar surface area (TPSA) is 46.5 Å². The lowest BCUT2D eigenvalue weighted by Crippen LogP contribution is -2.22. The molecule has 0 amide bonds. The molecule has 1 aromatic rings. The van der Waals surface area contributed by atoms with Gasteiger partial charge >= 0.3 is 5.97 Å². The van der Waals surface area contributed by atoms with Gasteiger partial charge in [-0.3, -0.25) is 0 Å². The Morgan fingerprint density at radius 1 is 1.27 bits per heavy atom. The molecule has 22 heavy (non-hydrogen) atoms. The lowest BCUT2D eigenvalue weighted by Gasteiger charge is -2.18. The number of rotatable bonds is 6. The van der Waals surface area contributed by atoms with Crippen LogP contribution in [0.1, 0.15) is 39.7 Å². The Balaban J connectivity index is 2.43. The molecule has 1 N–H and O–H groups in total. The van der Waals surface area contributed by atoms with Crippen LogP contribution in [0, 0.1) is 5.92 Å². The first-order chi connectivity index (χ1) is 10.3. The van der Waals surface area contributed by atoms with Crippen molar-refractivity contribution >= 4 is 12.0 Å². The van der Waals surface area contributed by atoms with E-state index in [1.807, 2.05) is 70.2 Å². The van der Waals surface area contributed by atoms with Gasteiger partial charge in [0.2, 0.25) is 0 Å². The van der Waals surface area contributed by atoms with Crippen molar-refractivity contribution in [2.45, 2.75) is 45.8 Å². The molecule has 0 aliphatic carbocycles. The summed E-state index contributed by atoms with van der Waals surface area (Å²) >= 11 is 0. The van der Waals surface area contributed by atoms with E-state index in [1.165, 1.54) is 6.08 Å². The molecule has 3 heteroatoms. The quantitative estimate of drug-likeness (QED) is 0.638. The zero-order valence-electron chi connectivity index (χ0n) is 13.8. The third-order valence-corrected chi connectivity index (χ3v) is 3.04. The van der Waals surface area contributed by atoms with Gasteiger partial charge in [0.25, 0.3) is 0 Å². The Morgan fingerprint density at radius 2 is 1.91 bits per heavy atom. The maximum atomic E-state index is 11.5. The molecular formula is C19H26O3. The fourth-order valence-electron chi connectivity index (χ4n) is 1.81. The van der Waals surface area contributed by atoms with Gasteiger partial charge in [-0.25, -0.2) is 4.79 Å². The minimum atomic E-state index is -0.529. The molecular weight excluding hydrogens is 276 g/mol. The van der Waals surface area contributed by atoms with Crippen molar-refractivity contribution in [3.63, 3.8) is 0 Å². The highest BCUT2D eigenvalue weighted by Gasteiger charge is 2.14. The minimum absolute atomic E-state index is 0.00323. The smallest absolute Gasteiger partial charge is 0.330 e. The number of aliphatic hydroxyl groups excluding tert-OH is 1. The molecule has 0 fully saturated rings. The number of hydrogen-bond donors (Lipinski definition) is 1. The lowest BCUT2D eigenvalue weighted by molar-refractivity contribution is -0.148. The van der Waals surface area contributed by atoms with E-state index in [0.717, 1.165) is 5.56 Å². The van der Waals surface area contributed by atoms with Gasteiger partial charge in [-0.2, -0.15) is 0 Å². The molecule has 1 aromatic carbocycles. The number of carbonyl (C=O) groups excluding carboxylic acids is 1. The number of carbonyl (C=O) groups is 1. The van der Waals surface area contributed by atoms with E-state index >= 15 is 0 Å². The molecule has 1 rings (SSSR count). The number of aliphatic hydroxyl groups is 1. The zero-order chi connectivity index (χ0) is 16.6. The van der Waals surface area contributed by atoms with Crippen LogP contribution >= 0.6 is 0 Å². The van der Waals surface area contributed by atoms with Crippen molar-refractivity contribution in [1.29, 1.82) is 0 Å². The summed E-state index contributed by atoms with van der Waals surface area (Å²) < 4.78 is 5.16. The van der Waals surface area contributed by atoms with E-state index in [4.69, 9.17) is 4.74 Å². The molecule has 0 aliphatic heterocycles. The Kier molecular flexibility index (Phi) is 7.06. The second-order valence-corrected chi connectivity index (χ2v) is 6.37. The highest BCUT2D eigenvalue weighted by atomic mass is 16.6. The molecule has 3 nitrogen and oxygen atoms in total. The maximum absolute atomic E-state index is 11.5. The van der Waals surface area contributed by atoms with Crippen LogP contribution in [0.4, 0.5) is 0 Å². The molecule has 0 radical (unpaired) electrons. The van der Waals surface area contributed by atoms with Gasteiger partial charge in [-0.15, -0.1) is 0 Å². The zero-order valence-corrected chi connectivity index (χ0v) is 13.8. The second-order valence-electron chi connectivity index (χ2n) is 6.37. The van der Waals surface area contributed by atoms with E-state index in [9.17, 15) is 9.90 Å². The van der Waals surface area contributed by atoms with Gasteiger partial charge < -0.3 is 9.84 Å². The normalized spacial score (nSPS) is 15.1. The van der Waals surface area contributed by atoms with E-state index in [1.54, 1.807) is 6.08 Å². The van der Waals surface area contributed by atoms with Crippen molar-refractivity contribution in [3.8, 4) is 0 Å². The van der Waals surface area contributed by atoms with Crippen LogP contribution in [0.25, 0.3) is 6.08 Å². The van der Waals surface area contributed by atoms with Gasteiger partial charge in [0.1, 0.15) is 5.60 Å². The summed E-state index contributed by atoms with van der Waals surface area (Å²) in [7, 11) is 0. The molecule has 0 aromatic heterocycles. The molecule has 0 saturated heterocycles. The van der Waals surface area contributed by atoms with Crippen LogP contribution in [0.3, 0.4) is 0 Å². The van der Waals surface area contributed by atoms with Gasteiger partial charge in [0, 0.05) is 12.0 Å². The highest BCUT2D eigenvalue weighted by molar-refractivity contribution is 5.82. The Bertz CT molecular complexity index is 509. The summed E-state index contributed by atoms with van der Waals surface area (Å²) in [6.07, 6.45) is 6.89. The molecule has 0 heterocycles. The van der Waals surface area contributed by atoms with E-state index in [0.29, 0.717) is 6.42 Å². The van der Waals surface area contributed by atoms with Crippen molar-refractivity contribution in [2.24, 2.45) is 5.92 Å². The average Bonchev–Trinajstić information content (AvgIpc) is 2.43. The van der Waals surface area contributed by atoms with E-state index < -0.39 is 11.7 Å². The van der Waals surface area contributed by atoms with Crippen molar-refractivity contribution in [3.05, 3.63) is 54.1 Å². The van der Waals surface area contributed by atoms with Crippen molar-refractivity contribution in [2.75, 3.05) is 0 Å².